The van der Waals surface area contributed by atoms with Gasteiger partial charge >= 0.3 is 12.1 Å². The molecular weight excluding hydrogens is 1140 g/mol. The number of para-hydroxylation sites is 2. The summed E-state index contributed by atoms with van der Waals surface area (Å²) in [7, 11) is -0.611. The first-order valence-corrected chi connectivity index (χ1v) is 29.3. The SMILES string of the molecule is CCCC[N+](CCCC)(CCCC)CCCC.CCCC[N+](CCCC)(CCCC)CCCC.CS(C)=O.O=C(Nc1ccccc1)Nc1ccc(-c2ccc(NC(=O)Nc3ccccc3)cc2)cc1.[I-].[I-]. The van der Waals surface area contributed by atoms with Gasteiger partial charge in [0.05, 0.1) is 52.4 Å². The normalized spacial score (nSPS) is 10.7. The molecule has 0 heterocycles. The van der Waals surface area contributed by atoms with Crippen LogP contribution in [-0.4, -0.2) is 90.1 Å². The predicted octanol–water partition coefficient (Wildman–Crippen LogP) is 10.7. The van der Waals surface area contributed by atoms with Crippen LogP contribution in [0, 0.1) is 0 Å². The van der Waals surface area contributed by atoms with Crippen molar-refractivity contribution >= 4 is 45.6 Å². The second-order valence-corrected chi connectivity index (χ2v) is 20.6. The second kappa shape index (κ2) is 45.4. The van der Waals surface area contributed by atoms with E-state index in [1.807, 2.05) is 109 Å². The number of hydrogen-bond donors (Lipinski definition) is 4. The van der Waals surface area contributed by atoms with Crippen LogP contribution >= 0.6 is 0 Å². The van der Waals surface area contributed by atoms with Crippen molar-refractivity contribution in [3.05, 3.63) is 109 Å². The van der Waals surface area contributed by atoms with Gasteiger partial charge in [0.15, 0.2) is 0 Å². The van der Waals surface area contributed by atoms with E-state index in [4.69, 9.17) is 0 Å². The molecule has 0 aliphatic carbocycles. The summed E-state index contributed by atoms with van der Waals surface area (Å²) >= 11 is 0. The molecule has 0 aliphatic rings. The molecule has 9 nitrogen and oxygen atoms in total. The number of hydrogen-bond acceptors (Lipinski definition) is 3. The summed E-state index contributed by atoms with van der Waals surface area (Å²) in [5, 5.41) is 11.2. The van der Waals surface area contributed by atoms with Crippen LogP contribution in [-0.2, 0) is 10.8 Å². The van der Waals surface area contributed by atoms with Crippen molar-refractivity contribution in [3.63, 3.8) is 0 Å². The summed E-state index contributed by atoms with van der Waals surface area (Å²) < 4.78 is 12.4. The van der Waals surface area contributed by atoms with E-state index in [0.717, 1.165) is 22.5 Å². The van der Waals surface area contributed by atoms with Gasteiger partial charge in [0.2, 0.25) is 0 Å². The average Bonchev–Trinajstić information content (AvgIpc) is 3.37. The van der Waals surface area contributed by atoms with E-state index in [-0.39, 0.29) is 60.0 Å². The van der Waals surface area contributed by atoms with Crippen molar-refractivity contribution < 1.29 is 70.7 Å². The molecular formula is C60H100I2N6O3S. The van der Waals surface area contributed by atoms with Gasteiger partial charge in [-0.2, -0.15) is 0 Å². The number of carbonyl (C=O) groups is 2. The lowest BCUT2D eigenvalue weighted by Crippen LogP contribution is -3.00. The molecule has 4 N–H and O–H groups in total. The molecule has 4 aromatic carbocycles. The maximum Gasteiger partial charge on any atom is 0.323 e. The van der Waals surface area contributed by atoms with Gasteiger partial charge in [-0.25, -0.2) is 9.59 Å². The minimum atomic E-state index is -0.611. The van der Waals surface area contributed by atoms with Crippen LogP contribution in [0.1, 0.15) is 158 Å². The predicted molar refractivity (Wildman–Crippen MR) is 309 cm³/mol. The molecule has 0 aliphatic heterocycles. The Hall–Kier alpha value is -3.05. The standard InChI is InChI=1S/C26H22N4O2.2C16H36N.C2H6OS.2HI/c31-25(27-21-7-3-1-4-8-21)29-23-15-11-19(12-16-23)20-13-17-24(18-14-20)30-26(32)28-22-9-5-2-6-10-22;2*1-5-9-13-17(14-10-6-2,15-11-7-3)16-12-8-4;1-4(2)3;;/h1-18H,(H2,27,29,31)(H2,28,30,32);2*5-16H2,1-4H3;1-2H3;2*1H/q;2*+1;;;/p-2. The maximum atomic E-state index is 12.1. The molecule has 0 atom stereocenters. The van der Waals surface area contributed by atoms with E-state index in [1.165, 1.54) is 164 Å². The molecule has 4 rings (SSSR count). The van der Waals surface area contributed by atoms with Crippen LogP contribution in [0.15, 0.2) is 109 Å². The molecule has 0 unspecified atom stereocenters. The summed E-state index contributed by atoms with van der Waals surface area (Å²) in [4.78, 5) is 24.2. The zero-order valence-corrected chi connectivity index (χ0v) is 51.8. The number of halogens is 2. The van der Waals surface area contributed by atoms with Crippen LogP contribution in [0.2, 0.25) is 0 Å². The van der Waals surface area contributed by atoms with Gasteiger partial charge in [-0.05, 0) is 111 Å². The molecule has 0 aromatic heterocycles. The van der Waals surface area contributed by atoms with Gasteiger partial charge in [0.25, 0.3) is 0 Å². The van der Waals surface area contributed by atoms with Gasteiger partial charge < -0.3 is 78.2 Å². The number of amides is 4. The molecule has 0 spiro atoms. The highest BCUT2D eigenvalue weighted by Gasteiger charge is 2.26. The topological polar surface area (TPSA) is 99.3 Å². The maximum absolute atomic E-state index is 12.1. The first kappa shape index (κ1) is 71.0. The fourth-order valence-electron chi connectivity index (χ4n) is 8.41. The van der Waals surface area contributed by atoms with E-state index in [9.17, 15) is 13.8 Å². The molecule has 72 heavy (non-hydrogen) atoms. The van der Waals surface area contributed by atoms with Gasteiger partial charge in [-0.3, -0.25) is 4.21 Å². The number of urea groups is 2. The Morgan fingerprint density at radius 2 is 0.528 bits per heavy atom. The Morgan fingerprint density at radius 1 is 0.347 bits per heavy atom. The molecule has 0 bridgehead atoms. The lowest BCUT2D eigenvalue weighted by molar-refractivity contribution is -0.929. The highest BCUT2D eigenvalue weighted by atomic mass is 127. The zero-order chi connectivity index (χ0) is 51.7. The monoisotopic (exact) mass is 1240 g/mol. The molecule has 12 heteroatoms. The van der Waals surface area contributed by atoms with E-state index in [0.29, 0.717) is 11.4 Å². The molecule has 0 saturated carbocycles. The van der Waals surface area contributed by atoms with Crippen molar-refractivity contribution in [2.75, 3.05) is 86.1 Å². The van der Waals surface area contributed by atoms with E-state index in [2.05, 4.69) is 76.7 Å². The van der Waals surface area contributed by atoms with E-state index in [1.54, 1.807) is 12.5 Å². The average molecular weight is 1240 g/mol. The summed E-state index contributed by atoms with van der Waals surface area (Å²) in [5.74, 6) is 0. The van der Waals surface area contributed by atoms with Crippen molar-refractivity contribution in [2.45, 2.75) is 158 Å². The van der Waals surface area contributed by atoms with E-state index < -0.39 is 10.8 Å². The number of carbonyl (C=O) groups excluding carboxylic acids is 2. The van der Waals surface area contributed by atoms with Crippen LogP contribution in [0.3, 0.4) is 0 Å². The lowest BCUT2D eigenvalue weighted by Gasteiger charge is -2.39. The first-order valence-electron chi connectivity index (χ1n) is 27.3. The summed E-state index contributed by atoms with van der Waals surface area (Å²) in [5.41, 5.74) is 4.84. The third kappa shape index (κ3) is 33.7. The van der Waals surface area contributed by atoms with Crippen molar-refractivity contribution in [1.29, 1.82) is 0 Å². The first-order chi connectivity index (χ1) is 33.9. The fraction of sp³-hybridized carbons (Fsp3) is 0.567. The smallest absolute Gasteiger partial charge is 0.323 e. The Labute approximate surface area is 477 Å². The minimum absolute atomic E-state index is 0. The van der Waals surface area contributed by atoms with Crippen LogP contribution in [0.25, 0.3) is 11.1 Å². The largest absolute Gasteiger partial charge is 1.00 e. The number of nitrogens with one attached hydrogen (secondary N) is 4. The lowest BCUT2D eigenvalue weighted by atomic mass is 10.1. The summed E-state index contributed by atoms with van der Waals surface area (Å²) in [6.07, 6.45) is 25.4. The highest BCUT2D eigenvalue weighted by Crippen LogP contribution is 2.24. The quantitative estimate of drug-likeness (QED) is 0.0322. The number of nitrogens with zero attached hydrogens (tertiary/aromatic N) is 2. The molecule has 4 amide bonds. The number of anilines is 4. The van der Waals surface area contributed by atoms with Gasteiger partial charge in [-0.1, -0.05) is 167 Å². The van der Waals surface area contributed by atoms with Crippen molar-refractivity contribution in [1.82, 2.24) is 0 Å². The number of quaternary nitrogens is 2. The molecule has 408 valence electrons. The Balaban J connectivity index is 0. The van der Waals surface area contributed by atoms with Crippen molar-refractivity contribution in [2.24, 2.45) is 0 Å². The highest BCUT2D eigenvalue weighted by molar-refractivity contribution is 7.83. The van der Waals surface area contributed by atoms with Crippen LogP contribution < -0.4 is 69.2 Å². The molecule has 0 radical (unpaired) electrons. The Bertz CT molecular complexity index is 1690. The Morgan fingerprint density at radius 3 is 0.708 bits per heavy atom. The van der Waals surface area contributed by atoms with E-state index >= 15 is 0 Å². The van der Waals surface area contributed by atoms with Crippen LogP contribution in [0.5, 0.6) is 0 Å². The molecule has 0 saturated heterocycles. The third-order valence-corrected chi connectivity index (χ3v) is 12.6. The zero-order valence-electron chi connectivity index (χ0n) is 46.6. The minimum Gasteiger partial charge on any atom is -1.00 e. The van der Waals surface area contributed by atoms with Gasteiger partial charge in [-0.15, -0.1) is 0 Å². The second-order valence-electron chi connectivity index (χ2n) is 19.1. The number of rotatable bonds is 29. The number of unbranched alkanes of at least 4 members (excludes halogenated alkanes) is 8. The third-order valence-electron chi connectivity index (χ3n) is 12.6. The van der Waals surface area contributed by atoms with Gasteiger partial charge in [0, 0.05) is 46.1 Å². The summed E-state index contributed by atoms with van der Waals surface area (Å²) in [6, 6.07) is 33.1. The molecule has 0 fully saturated rings. The summed E-state index contributed by atoms with van der Waals surface area (Å²) in [6.45, 7) is 30.0. The fourth-order valence-corrected chi connectivity index (χ4v) is 8.41. The van der Waals surface area contributed by atoms with Gasteiger partial charge in [0.1, 0.15) is 0 Å². The molecule has 4 aromatic rings. The van der Waals surface area contributed by atoms with Crippen molar-refractivity contribution in [3.8, 4) is 11.1 Å². The number of benzene rings is 4. The van der Waals surface area contributed by atoms with Crippen LogP contribution in [0.4, 0.5) is 32.3 Å². The Kier molecular flexibility index (Phi) is 44.7.